The summed E-state index contributed by atoms with van der Waals surface area (Å²) in [6.07, 6.45) is 46.9. The normalized spacial score (nSPS) is 13.5. The smallest absolute Gasteiger partial charge is 0.462 e. The fourth-order valence-electron chi connectivity index (χ4n) is 7.31. The van der Waals surface area contributed by atoms with Gasteiger partial charge in [0, 0.05) is 12.8 Å². The molecule has 0 saturated carbocycles. The van der Waals surface area contributed by atoms with Gasteiger partial charge in [0.05, 0.1) is 27.7 Å². The van der Waals surface area contributed by atoms with Crippen molar-refractivity contribution in [1.29, 1.82) is 0 Å². The molecule has 0 bridgehead atoms. The minimum atomic E-state index is -4.37. The second-order valence-electron chi connectivity index (χ2n) is 18.6. The summed E-state index contributed by atoms with van der Waals surface area (Å²) in [6, 6.07) is 0. The Hall–Kier alpha value is -1.25. The molecule has 0 amide bonds. The highest BCUT2D eigenvalue weighted by Gasteiger charge is 2.27. The molecule has 0 radical (unpaired) electrons. The Kier molecular flexibility index (Phi) is 42.1. The van der Waals surface area contributed by atoms with Crippen LogP contribution in [0.3, 0.4) is 0 Å². The molecular weight excluding hydrogens is 774 g/mol. The van der Waals surface area contributed by atoms with E-state index in [1.165, 1.54) is 161 Å². The Morgan fingerprint density at radius 1 is 0.500 bits per heavy atom. The van der Waals surface area contributed by atoms with Crippen LogP contribution in [0.5, 0.6) is 0 Å². The fraction of sp³-hybridized carbons (Fsp3) is 0.920. The number of esters is 2. The van der Waals surface area contributed by atoms with Gasteiger partial charge in [-0.15, -0.1) is 0 Å². The minimum Gasteiger partial charge on any atom is -0.462 e. The number of carbonyl (C=O) groups is 2. The number of allylic oxidation sites excluding steroid dienone is 2. The summed E-state index contributed by atoms with van der Waals surface area (Å²) >= 11 is 0. The molecule has 0 aliphatic heterocycles. The molecule has 0 aromatic heterocycles. The third-order valence-electron chi connectivity index (χ3n) is 11.3. The van der Waals surface area contributed by atoms with Crippen LogP contribution in [0.25, 0.3) is 0 Å². The number of ether oxygens (including phenoxy) is 2. The fourth-order valence-corrected chi connectivity index (χ4v) is 8.05. The van der Waals surface area contributed by atoms with E-state index in [2.05, 4.69) is 26.0 Å². The maximum atomic E-state index is 12.7. The predicted molar refractivity (Wildman–Crippen MR) is 252 cm³/mol. The molecule has 10 heteroatoms. The van der Waals surface area contributed by atoms with Gasteiger partial charge in [-0.1, -0.05) is 206 Å². The molecule has 1 unspecified atom stereocenters. The number of hydrogen-bond acceptors (Lipinski definition) is 7. The lowest BCUT2D eigenvalue weighted by Crippen LogP contribution is -2.37. The van der Waals surface area contributed by atoms with Crippen molar-refractivity contribution in [3.05, 3.63) is 12.2 Å². The summed E-state index contributed by atoms with van der Waals surface area (Å²) in [6.45, 7) is 4.45. The van der Waals surface area contributed by atoms with Crippen LogP contribution in [0.2, 0.25) is 0 Å². The molecular formula is C50H99NO8P+. The van der Waals surface area contributed by atoms with Crippen LogP contribution in [0.15, 0.2) is 12.2 Å². The van der Waals surface area contributed by atoms with Gasteiger partial charge >= 0.3 is 19.8 Å². The topological polar surface area (TPSA) is 108 Å². The van der Waals surface area contributed by atoms with Crippen molar-refractivity contribution in [3.8, 4) is 0 Å². The number of carbonyl (C=O) groups excluding carboxylic acids is 2. The first-order valence-corrected chi connectivity index (χ1v) is 26.9. The van der Waals surface area contributed by atoms with E-state index in [1.807, 2.05) is 21.1 Å². The van der Waals surface area contributed by atoms with Crippen LogP contribution in [0.4, 0.5) is 0 Å². The molecule has 0 aliphatic rings. The van der Waals surface area contributed by atoms with Crippen molar-refractivity contribution in [1.82, 2.24) is 0 Å². The number of quaternary nitrogens is 1. The third-order valence-corrected chi connectivity index (χ3v) is 12.3. The first-order valence-electron chi connectivity index (χ1n) is 25.4. The molecule has 0 spiro atoms. The van der Waals surface area contributed by atoms with E-state index >= 15 is 0 Å². The third kappa shape index (κ3) is 46.3. The SMILES string of the molecule is CCCCCCC/C=C/CCCCCCCC(=O)O[C@H](COC(=O)CCCCCCCCCCCCCCCCCCCCCCCC)COP(=O)(O)OCC[N+](C)(C)C. The highest BCUT2D eigenvalue weighted by Crippen LogP contribution is 2.43. The average molecular weight is 873 g/mol. The lowest BCUT2D eigenvalue weighted by Gasteiger charge is -2.24. The quantitative estimate of drug-likeness (QED) is 0.0212. The number of likely N-dealkylation sites (N-methyl/N-ethyl adjacent to an activating group) is 1. The second kappa shape index (κ2) is 43.0. The summed E-state index contributed by atoms with van der Waals surface area (Å²) in [5, 5.41) is 0. The highest BCUT2D eigenvalue weighted by molar-refractivity contribution is 7.47. The first kappa shape index (κ1) is 58.8. The largest absolute Gasteiger partial charge is 0.472 e. The van der Waals surface area contributed by atoms with Crippen LogP contribution in [0.1, 0.15) is 245 Å². The van der Waals surface area contributed by atoms with Crippen molar-refractivity contribution in [2.45, 2.75) is 251 Å². The molecule has 0 aromatic carbocycles. The molecule has 0 saturated heterocycles. The van der Waals surface area contributed by atoms with Crippen molar-refractivity contribution in [2.75, 3.05) is 47.5 Å². The van der Waals surface area contributed by atoms with Crippen molar-refractivity contribution < 1.29 is 42.1 Å². The van der Waals surface area contributed by atoms with Gasteiger partial charge < -0.3 is 18.9 Å². The Morgan fingerprint density at radius 3 is 1.23 bits per heavy atom. The van der Waals surface area contributed by atoms with Gasteiger partial charge in [-0.2, -0.15) is 0 Å². The monoisotopic (exact) mass is 873 g/mol. The zero-order chi connectivity index (χ0) is 44.3. The average Bonchev–Trinajstić information content (AvgIpc) is 3.20. The number of unbranched alkanes of at least 4 members (excludes halogenated alkanes) is 31. The Labute approximate surface area is 371 Å². The van der Waals surface area contributed by atoms with Crippen LogP contribution in [-0.2, 0) is 32.7 Å². The van der Waals surface area contributed by atoms with Gasteiger partial charge in [0.1, 0.15) is 19.8 Å². The summed E-state index contributed by atoms with van der Waals surface area (Å²) in [5.74, 6) is -0.794. The van der Waals surface area contributed by atoms with Gasteiger partial charge in [-0.3, -0.25) is 18.6 Å². The van der Waals surface area contributed by atoms with Gasteiger partial charge in [-0.25, -0.2) is 4.57 Å². The molecule has 9 nitrogen and oxygen atoms in total. The molecule has 0 heterocycles. The number of nitrogens with zero attached hydrogens (tertiary/aromatic N) is 1. The predicted octanol–water partition coefficient (Wildman–Crippen LogP) is 14.9. The molecule has 2 atom stereocenters. The summed E-state index contributed by atoms with van der Waals surface area (Å²) in [7, 11) is 1.48. The summed E-state index contributed by atoms with van der Waals surface area (Å²) in [5.41, 5.74) is 0. The Morgan fingerprint density at radius 2 is 0.850 bits per heavy atom. The van der Waals surface area contributed by atoms with Crippen LogP contribution >= 0.6 is 7.82 Å². The molecule has 1 N–H and O–H groups in total. The van der Waals surface area contributed by atoms with E-state index in [4.69, 9.17) is 18.5 Å². The zero-order valence-corrected chi connectivity index (χ0v) is 41.1. The molecule has 0 rings (SSSR count). The minimum absolute atomic E-state index is 0.0334. The molecule has 0 fully saturated rings. The molecule has 356 valence electrons. The number of rotatable bonds is 47. The van der Waals surface area contributed by atoms with E-state index in [0.29, 0.717) is 23.9 Å². The maximum absolute atomic E-state index is 12.7. The van der Waals surface area contributed by atoms with E-state index in [-0.39, 0.29) is 25.6 Å². The van der Waals surface area contributed by atoms with E-state index in [9.17, 15) is 19.0 Å². The zero-order valence-electron chi connectivity index (χ0n) is 40.2. The second-order valence-corrected chi connectivity index (χ2v) is 20.0. The lowest BCUT2D eigenvalue weighted by atomic mass is 10.0. The standard InChI is InChI=1S/C50H98NO8P/c1-6-8-10-12-14-16-18-20-22-23-24-25-26-27-28-29-31-32-34-36-38-40-42-49(52)56-46-48(47-58-60(54,55)57-45-44-51(3,4)5)59-50(53)43-41-39-37-35-33-30-21-19-17-15-13-11-9-7-2/h19,21,48H,6-18,20,22-47H2,1-5H3/p+1/b21-19+/t48-/m1/s1. The van der Waals surface area contributed by atoms with Gasteiger partial charge in [0.25, 0.3) is 0 Å². The van der Waals surface area contributed by atoms with Crippen LogP contribution in [-0.4, -0.2) is 74.9 Å². The van der Waals surface area contributed by atoms with Crippen molar-refractivity contribution >= 4 is 19.8 Å². The van der Waals surface area contributed by atoms with Gasteiger partial charge in [-0.05, 0) is 38.5 Å². The number of phosphoric acid groups is 1. The summed E-state index contributed by atoms with van der Waals surface area (Å²) < 4.78 is 34.4. The van der Waals surface area contributed by atoms with Gasteiger partial charge in [0.15, 0.2) is 6.10 Å². The lowest BCUT2D eigenvalue weighted by molar-refractivity contribution is -0.870. The number of hydrogen-bond donors (Lipinski definition) is 1. The van der Waals surface area contributed by atoms with Crippen LogP contribution in [0, 0.1) is 0 Å². The molecule has 60 heavy (non-hydrogen) atoms. The van der Waals surface area contributed by atoms with E-state index in [1.54, 1.807) is 0 Å². The maximum Gasteiger partial charge on any atom is 0.472 e. The number of phosphoric ester groups is 1. The van der Waals surface area contributed by atoms with E-state index < -0.39 is 26.5 Å². The summed E-state index contributed by atoms with van der Waals surface area (Å²) in [4.78, 5) is 35.5. The van der Waals surface area contributed by atoms with Crippen LogP contribution < -0.4 is 0 Å². The Balaban J connectivity index is 4.18. The van der Waals surface area contributed by atoms with Gasteiger partial charge in [0.2, 0.25) is 0 Å². The molecule has 0 aromatic rings. The van der Waals surface area contributed by atoms with Crippen molar-refractivity contribution in [3.63, 3.8) is 0 Å². The first-order chi connectivity index (χ1) is 29.0. The van der Waals surface area contributed by atoms with Crippen molar-refractivity contribution in [2.24, 2.45) is 0 Å². The van der Waals surface area contributed by atoms with E-state index in [0.717, 1.165) is 51.4 Å². The highest BCUT2D eigenvalue weighted by atomic mass is 31.2. The Bertz CT molecular complexity index is 1030. The molecule has 0 aliphatic carbocycles.